The predicted octanol–water partition coefficient (Wildman–Crippen LogP) is 6.28. The zero-order chi connectivity index (χ0) is 22.5. The lowest BCUT2D eigenvalue weighted by Gasteiger charge is -2.25. The van der Waals surface area contributed by atoms with Gasteiger partial charge in [0.2, 0.25) is 0 Å². The molecule has 3 aromatic rings. The minimum Gasteiger partial charge on any atom is -0.494 e. The van der Waals surface area contributed by atoms with Gasteiger partial charge in [0.1, 0.15) is 17.1 Å². The Bertz CT molecular complexity index is 1140. The summed E-state index contributed by atoms with van der Waals surface area (Å²) in [5.74, 6) is 0.741. The molecular weight excluding hydrogens is 404 g/mol. The average Bonchev–Trinajstić information content (AvgIpc) is 2.78. The minimum absolute atomic E-state index is 0.196. The standard InChI is InChI=1S/C27H30O5/c1-3-4-5-6-7-8-15-30-20-11-9-19(10-12-20)22-17-25(29)31-23-14-13-21-18(2)16-24(28)32-27(21)26(22)23/h9-14,16,22H,3-8,15,17H2,1-2H3/t22-/m0/s1. The summed E-state index contributed by atoms with van der Waals surface area (Å²) in [4.78, 5) is 24.3. The number of unbranched alkanes of at least 4 members (excludes halogenated alkanes) is 5. The molecule has 1 aliphatic heterocycles. The summed E-state index contributed by atoms with van der Waals surface area (Å²) in [6.07, 6.45) is 7.56. The molecule has 0 fully saturated rings. The van der Waals surface area contributed by atoms with Crippen LogP contribution in [0.5, 0.6) is 11.5 Å². The highest BCUT2D eigenvalue weighted by Gasteiger charge is 2.31. The molecule has 0 unspecified atom stereocenters. The zero-order valence-electron chi connectivity index (χ0n) is 18.8. The Morgan fingerprint density at radius 1 is 0.969 bits per heavy atom. The Balaban J connectivity index is 1.53. The van der Waals surface area contributed by atoms with E-state index in [-0.39, 0.29) is 18.3 Å². The van der Waals surface area contributed by atoms with Gasteiger partial charge in [-0.1, -0.05) is 51.2 Å². The molecule has 0 amide bonds. The molecular formula is C27H30O5. The van der Waals surface area contributed by atoms with Gasteiger partial charge in [-0.05, 0) is 48.7 Å². The number of aryl methyl sites for hydroxylation is 1. The van der Waals surface area contributed by atoms with Crippen molar-refractivity contribution in [2.45, 2.75) is 64.7 Å². The third-order valence-electron chi connectivity index (χ3n) is 6.11. The largest absolute Gasteiger partial charge is 0.494 e. The SMILES string of the molecule is CCCCCCCCOc1ccc([C@@H]2CC(=O)Oc3ccc4c(C)cc(=O)oc4c32)cc1. The molecule has 0 saturated heterocycles. The molecule has 0 bridgehead atoms. The second-order valence-electron chi connectivity index (χ2n) is 8.52. The van der Waals surface area contributed by atoms with Crippen molar-refractivity contribution in [1.82, 2.24) is 0 Å². The van der Waals surface area contributed by atoms with Crippen molar-refractivity contribution in [1.29, 1.82) is 0 Å². The van der Waals surface area contributed by atoms with E-state index in [9.17, 15) is 9.59 Å². The van der Waals surface area contributed by atoms with Gasteiger partial charge in [0.25, 0.3) is 0 Å². The summed E-state index contributed by atoms with van der Waals surface area (Å²) >= 11 is 0. The van der Waals surface area contributed by atoms with Crippen LogP contribution in [0.3, 0.4) is 0 Å². The Kier molecular flexibility index (Phi) is 6.93. The molecule has 0 aliphatic carbocycles. The highest BCUT2D eigenvalue weighted by molar-refractivity contribution is 5.89. The molecule has 4 rings (SSSR count). The maximum absolute atomic E-state index is 12.3. The van der Waals surface area contributed by atoms with Crippen LogP contribution >= 0.6 is 0 Å². The van der Waals surface area contributed by atoms with Crippen LogP contribution in [0.1, 0.15) is 74.5 Å². The summed E-state index contributed by atoms with van der Waals surface area (Å²) in [6.45, 7) is 4.81. The second kappa shape index (κ2) is 10.0. The van der Waals surface area contributed by atoms with Gasteiger partial charge in [0.05, 0.1) is 13.0 Å². The highest BCUT2D eigenvalue weighted by Crippen LogP contribution is 2.43. The van der Waals surface area contributed by atoms with Crippen LogP contribution in [0, 0.1) is 6.92 Å². The van der Waals surface area contributed by atoms with E-state index in [2.05, 4.69) is 6.92 Å². The van der Waals surface area contributed by atoms with E-state index in [1.807, 2.05) is 37.3 Å². The molecule has 1 aromatic heterocycles. The first kappa shape index (κ1) is 22.1. The van der Waals surface area contributed by atoms with Crippen LogP contribution in [0.2, 0.25) is 0 Å². The monoisotopic (exact) mass is 434 g/mol. The van der Waals surface area contributed by atoms with E-state index in [4.69, 9.17) is 13.9 Å². The molecule has 5 heteroatoms. The van der Waals surface area contributed by atoms with Gasteiger partial charge in [-0.3, -0.25) is 4.79 Å². The first-order chi connectivity index (χ1) is 15.6. The number of hydrogen-bond donors (Lipinski definition) is 0. The number of rotatable bonds is 9. The zero-order valence-corrected chi connectivity index (χ0v) is 18.8. The summed E-state index contributed by atoms with van der Waals surface area (Å²) in [5, 5.41) is 0.852. The Morgan fingerprint density at radius 2 is 1.72 bits per heavy atom. The molecule has 0 N–H and O–H groups in total. The first-order valence-corrected chi connectivity index (χ1v) is 11.6. The highest BCUT2D eigenvalue weighted by atomic mass is 16.5. The number of fused-ring (bicyclic) bond motifs is 3. The number of carbonyl (C=O) groups is 1. The van der Waals surface area contributed by atoms with Crippen LogP contribution in [0.4, 0.5) is 0 Å². The Morgan fingerprint density at radius 3 is 2.50 bits per heavy atom. The lowest BCUT2D eigenvalue weighted by Crippen LogP contribution is -2.21. The van der Waals surface area contributed by atoms with E-state index in [1.165, 1.54) is 38.2 Å². The van der Waals surface area contributed by atoms with E-state index in [0.717, 1.165) is 34.2 Å². The lowest BCUT2D eigenvalue weighted by molar-refractivity contribution is -0.135. The van der Waals surface area contributed by atoms with E-state index >= 15 is 0 Å². The number of benzene rings is 2. The van der Waals surface area contributed by atoms with Gasteiger partial charge in [-0.25, -0.2) is 4.79 Å². The fraction of sp³-hybridized carbons (Fsp3) is 0.407. The van der Waals surface area contributed by atoms with Gasteiger partial charge in [-0.2, -0.15) is 0 Å². The predicted molar refractivity (Wildman–Crippen MR) is 125 cm³/mol. The van der Waals surface area contributed by atoms with Crippen LogP contribution < -0.4 is 15.1 Å². The molecule has 0 radical (unpaired) electrons. The van der Waals surface area contributed by atoms with Crippen LogP contribution in [-0.4, -0.2) is 12.6 Å². The number of hydrogen-bond acceptors (Lipinski definition) is 5. The molecule has 1 aliphatic rings. The van der Waals surface area contributed by atoms with Crippen molar-refractivity contribution < 1.29 is 18.7 Å². The van der Waals surface area contributed by atoms with Crippen molar-refractivity contribution in [3.05, 3.63) is 69.6 Å². The third-order valence-corrected chi connectivity index (χ3v) is 6.11. The second-order valence-corrected chi connectivity index (χ2v) is 8.52. The van der Waals surface area contributed by atoms with Crippen LogP contribution in [-0.2, 0) is 4.79 Å². The topological polar surface area (TPSA) is 65.7 Å². The molecule has 168 valence electrons. The molecule has 5 nitrogen and oxygen atoms in total. The van der Waals surface area contributed by atoms with Gasteiger partial charge < -0.3 is 13.9 Å². The number of ether oxygens (including phenoxy) is 2. The van der Waals surface area contributed by atoms with Crippen LogP contribution in [0.15, 0.2) is 51.7 Å². The summed E-state index contributed by atoms with van der Waals surface area (Å²) in [7, 11) is 0. The average molecular weight is 435 g/mol. The Hall–Kier alpha value is -3.08. The summed E-state index contributed by atoms with van der Waals surface area (Å²) in [6, 6.07) is 13.0. The molecule has 0 saturated carbocycles. The normalized spacial score (nSPS) is 15.4. The quantitative estimate of drug-likeness (QED) is 0.172. The summed E-state index contributed by atoms with van der Waals surface area (Å²) < 4.78 is 16.9. The van der Waals surface area contributed by atoms with Gasteiger partial charge in [0.15, 0.2) is 0 Å². The maximum atomic E-state index is 12.3. The number of carbonyl (C=O) groups excluding carboxylic acids is 1. The Labute approximate surface area is 188 Å². The summed E-state index contributed by atoms with van der Waals surface area (Å²) in [5.41, 5.74) is 2.65. The fourth-order valence-electron chi connectivity index (χ4n) is 4.39. The third kappa shape index (κ3) is 4.87. The van der Waals surface area contributed by atoms with E-state index < -0.39 is 5.63 Å². The van der Waals surface area contributed by atoms with Crippen molar-refractivity contribution in [3.8, 4) is 11.5 Å². The number of esters is 1. The first-order valence-electron chi connectivity index (χ1n) is 11.6. The van der Waals surface area contributed by atoms with Crippen LogP contribution in [0.25, 0.3) is 11.0 Å². The smallest absolute Gasteiger partial charge is 0.336 e. The van der Waals surface area contributed by atoms with Gasteiger partial charge >= 0.3 is 11.6 Å². The van der Waals surface area contributed by atoms with Gasteiger partial charge in [0, 0.05) is 22.9 Å². The molecule has 0 spiro atoms. The molecule has 1 atom stereocenters. The van der Waals surface area contributed by atoms with Crippen molar-refractivity contribution in [3.63, 3.8) is 0 Å². The molecule has 2 aromatic carbocycles. The van der Waals surface area contributed by atoms with Crippen molar-refractivity contribution in [2.24, 2.45) is 0 Å². The van der Waals surface area contributed by atoms with Crippen molar-refractivity contribution in [2.75, 3.05) is 6.61 Å². The van der Waals surface area contributed by atoms with E-state index in [0.29, 0.717) is 17.9 Å². The van der Waals surface area contributed by atoms with Crippen molar-refractivity contribution >= 4 is 16.9 Å². The fourth-order valence-corrected chi connectivity index (χ4v) is 4.39. The lowest BCUT2D eigenvalue weighted by atomic mass is 9.85. The minimum atomic E-state index is -0.405. The van der Waals surface area contributed by atoms with E-state index in [1.54, 1.807) is 6.07 Å². The molecule has 32 heavy (non-hydrogen) atoms. The van der Waals surface area contributed by atoms with Gasteiger partial charge in [-0.15, -0.1) is 0 Å². The molecule has 2 heterocycles. The maximum Gasteiger partial charge on any atom is 0.336 e.